The molecule has 1 aliphatic rings. The first-order chi connectivity index (χ1) is 7.16. The van der Waals surface area contributed by atoms with Crippen LogP contribution in [0.15, 0.2) is 29.2 Å². The van der Waals surface area contributed by atoms with Crippen LogP contribution in [0, 0.1) is 11.2 Å². The van der Waals surface area contributed by atoms with E-state index in [9.17, 15) is 9.18 Å². The van der Waals surface area contributed by atoms with Gasteiger partial charge in [0.05, 0.1) is 4.91 Å². The summed E-state index contributed by atoms with van der Waals surface area (Å²) in [7, 11) is 0. The van der Waals surface area contributed by atoms with E-state index in [0.29, 0.717) is 10.5 Å². The summed E-state index contributed by atoms with van der Waals surface area (Å²) in [5, 5.41) is 9.62. The smallest absolute Gasteiger partial charge is 0.264 e. The Balaban J connectivity index is 2.35. The Hall–Kier alpha value is -1.62. The van der Waals surface area contributed by atoms with Crippen LogP contribution in [0.1, 0.15) is 5.56 Å². The highest BCUT2D eigenvalue weighted by atomic mass is 32.2. The zero-order valence-electron chi connectivity index (χ0n) is 7.58. The van der Waals surface area contributed by atoms with Crippen molar-refractivity contribution in [2.24, 2.45) is 0 Å². The van der Waals surface area contributed by atoms with Crippen molar-refractivity contribution in [2.75, 3.05) is 0 Å². The van der Waals surface area contributed by atoms with Crippen molar-refractivity contribution in [3.05, 3.63) is 40.6 Å². The highest BCUT2D eigenvalue weighted by Crippen LogP contribution is 2.25. The van der Waals surface area contributed by atoms with E-state index >= 15 is 0 Å². The maximum Gasteiger partial charge on any atom is 0.264 e. The number of nitrogens with one attached hydrogen (secondary N) is 2. The number of rotatable bonds is 1. The monoisotopic (exact) mass is 222 g/mol. The summed E-state index contributed by atoms with van der Waals surface area (Å²) in [5.41, 5.74) is 0.352. The molecule has 0 aliphatic carbocycles. The van der Waals surface area contributed by atoms with Crippen molar-refractivity contribution in [2.45, 2.75) is 0 Å². The van der Waals surface area contributed by atoms with Gasteiger partial charge in [0.1, 0.15) is 5.82 Å². The second kappa shape index (κ2) is 3.86. The molecule has 1 amide bonds. The van der Waals surface area contributed by atoms with E-state index in [1.54, 1.807) is 18.2 Å². The van der Waals surface area contributed by atoms with Crippen LogP contribution in [0.3, 0.4) is 0 Å². The van der Waals surface area contributed by atoms with Crippen LogP contribution in [0.5, 0.6) is 0 Å². The lowest BCUT2D eigenvalue weighted by Crippen LogP contribution is -2.18. The van der Waals surface area contributed by atoms with E-state index < -0.39 is 0 Å². The van der Waals surface area contributed by atoms with Gasteiger partial charge in [-0.3, -0.25) is 10.2 Å². The Morgan fingerprint density at radius 2 is 2.13 bits per heavy atom. The number of thioether (sulfide) groups is 1. The van der Waals surface area contributed by atoms with Crippen molar-refractivity contribution in [3.63, 3.8) is 0 Å². The SMILES string of the molecule is N=C1NC(=O)/C(=C\c2ccccc2F)S1. The summed E-state index contributed by atoms with van der Waals surface area (Å²) in [5.74, 6) is -0.731. The van der Waals surface area contributed by atoms with Crippen molar-refractivity contribution in [1.82, 2.24) is 5.32 Å². The number of carbonyl (C=O) groups excluding carboxylic acids is 1. The molecule has 1 aromatic carbocycles. The van der Waals surface area contributed by atoms with Gasteiger partial charge in [-0.2, -0.15) is 0 Å². The number of amidine groups is 1. The summed E-state index contributed by atoms with van der Waals surface area (Å²) >= 11 is 0.994. The minimum Gasteiger partial charge on any atom is -0.301 e. The molecular formula is C10H7FN2OS. The van der Waals surface area contributed by atoms with Gasteiger partial charge in [0.2, 0.25) is 0 Å². The Morgan fingerprint density at radius 3 is 2.73 bits per heavy atom. The van der Waals surface area contributed by atoms with Gasteiger partial charge in [0.15, 0.2) is 5.17 Å². The molecule has 3 nitrogen and oxygen atoms in total. The van der Waals surface area contributed by atoms with E-state index in [1.165, 1.54) is 12.1 Å². The van der Waals surface area contributed by atoms with Gasteiger partial charge in [-0.05, 0) is 23.9 Å². The minimum absolute atomic E-state index is 0.0718. The Kier molecular flexibility index (Phi) is 2.55. The fourth-order valence-corrected chi connectivity index (χ4v) is 1.87. The summed E-state index contributed by atoms with van der Waals surface area (Å²) in [4.78, 5) is 11.6. The standard InChI is InChI=1S/C10H7FN2OS/c11-7-4-2-1-3-6(7)5-8-9(14)13-10(12)15-8/h1-5H,(H2,12,13,14)/b8-5+. The maximum atomic E-state index is 13.2. The van der Waals surface area contributed by atoms with Crippen LogP contribution in [-0.4, -0.2) is 11.1 Å². The topological polar surface area (TPSA) is 53.0 Å². The summed E-state index contributed by atoms with van der Waals surface area (Å²) < 4.78 is 13.2. The number of hydrogen-bond acceptors (Lipinski definition) is 3. The predicted molar refractivity (Wildman–Crippen MR) is 57.8 cm³/mol. The van der Waals surface area contributed by atoms with Crippen molar-refractivity contribution >= 4 is 28.9 Å². The normalized spacial score (nSPS) is 18.3. The molecule has 5 heteroatoms. The average molecular weight is 222 g/mol. The van der Waals surface area contributed by atoms with Crippen molar-refractivity contribution in [3.8, 4) is 0 Å². The quantitative estimate of drug-likeness (QED) is 0.714. The van der Waals surface area contributed by atoms with Crippen molar-refractivity contribution in [1.29, 1.82) is 5.41 Å². The van der Waals surface area contributed by atoms with Crippen LogP contribution in [0.4, 0.5) is 4.39 Å². The lowest BCUT2D eigenvalue weighted by atomic mass is 10.2. The third-order valence-electron chi connectivity index (χ3n) is 1.85. The van der Waals surface area contributed by atoms with Gasteiger partial charge >= 0.3 is 0 Å². The Bertz CT molecular complexity index is 470. The van der Waals surface area contributed by atoms with E-state index in [4.69, 9.17) is 5.41 Å². The molecule has 2 rings (SSSR count). The predicted octanol–water partition coefficient (Wildman–Crippen LogP) is 1.96. The van der Waals surface area contributed by atoms with E-state index in [0.717, 1.165) is 11.8 Å². The van der Waals surface area contributed by atoms with Gasteiger partial charge < -0.3 is 5.32 Å². The zero-order chi connectivity index (χ0) is 10.8. The fourth-order valence-electron chi connectivity index (χ4n) is 1.17. The highest BCUT2D eigenvalue weighted by Gasteiger charge is 2.22. The molecule has 76 valence electrons. The van der Waals surface area contributed by atoms with Gasteiger partial charge in [-0.1, -0.05) is 18.2 Å². The lowest BCUT2D eigenvalue weighted by molar-refractivity contribution is -0.115. The molecule has 0 saturated carbocycles. The first-order valence-electron chi connectivity index (χ1n) is 4.21. The van der Waals surface area contributed by atoms with E-state index in [-0.39, 0.29) is 16.9 Å². The fraction of sp³-hybridized carbons (Fsp3) is 0. The molecule has 0 atom stereocenters. The molecule has 0 spiro atoms. The Labute approximate surface area is 89.9 Å². The number of benzene rings is 1. The number of amides is 1. The summed E-state index contributed by atoms with van der Waals surface area (Å²) in [6.45, 7) is 0. The molecule has 0 bridgehead atoms. The highest BCUT2D eigenvalue weighted by molar-refractivity contribution is 8.18. The molecule has 2 N–H and O–H groups in total. The first kappa shape index (κ1) is 9.92. The minimum atomic E-state index is -0.378. The number of halogens is 1. The maximum absolute atomic E-state index is 13.2. The van der Waals surface area contributed by atoms with Crippen LogP contribution in [-0.2, 0) is 4.79 Å². The second-order valence-electron chi connectivity index (χ2n) is 2.92. The second-order valence-corrected chi connectivity index (χ2v) is 3.97. The third-order valence-corrected chi connectivity index (χ3v) is 2.68. The van der Waals surface area contributed by atoms with E-state index in [2.05, 4.69) is 5.32 Å². The van der Waals surface area contributed by atoms with Gasteiger partial charge in [-0.25, -0.2) is 4.39 Å². The molecule has 1 heterocycles. The molecule has 0 aromatic heterocycles. The zero-order valence-corrected chi connectivity index (χ0v) is 8.40. The molecule has 1 saturated heterocycles. The van der Waals surface area contributed by atoms with Gasteiger partial charge in [-0.15, -0.1) is 0 Å². The molecule has 1 aromatic rings. The van der Waals surface area contributed by atoms with Crippen LogP contribution in [0.25, 0.3) is 6.08 Å². The Morgan fingerprint density at radius 1 is 1.40 bits per heavy atom. The number of carbonyl (C=O) groups is 1. The van der Waals surface area contributed by atoms with Gasteiger partial charge in [0, 0.05) is 5.56 Å². The average Bonchev–Trinajstić information content (AvgIpc) is 2.49. The van der Waals surface area contributed by atoms with Gasteiger partial charge in [0.25, 0.3) is 5.91 Å². The summed E-state index contributed by atoms with van der Waals surface area (Å²) in [6, 6.07) is 6.19. The molecule has 0 unspecified atom stereocenters. The van der Waals surface area contributed by atoms with Crippen LogP contribution >= 0.6 is 11.8 Å². The summed E-state index contributed by atoms with van der Waals surface area (Å²) in [6.07, 6.45) is 1.44. The molecule has 15 heavy (non-hydrogen) atoms. The van der Waals surface area contributed by atoms with Crippen LogP contribution in [0.2, 0.25) is 0 Å². The molecule has 0 radical (unpaired) electrons. The van der Waals surface area contributed by atoms with E-state index in [1.807, 2.05) is 0 Å². The molecular weight excluding hydrogens is 215 g/mol. The van der Waals surface area contributed by atoms with Crippen molar-refractivity contribution < 1.29 is 9.18 Å². The lowest BCUT2D eigenvalue weighted by Gasteiger charge is -1.96. The van der Waals surface area contributed by atoms with Crippen LogP contribution < -0.4 is 5.32 Å². The first-order valence-corrected chi connectivity index (χ1v) is 5.02. The largest absolute Gasteiger partial charge is 0.301 e. The molecule has 1 aliphatic heterocycles. The molecule has 1 fully saturated rings. The number of hydrogen-bond donors (Lipinski definition) is 2. The third kappa shape index (κ3) is 2.07.